The zero-order chi connectivity index (χ0) is 12.7. The fourth-order valence-corrected chi connectivity index (χ4v) is 3.61. The summed E-state index contributed by atoms with van der Waals surface area (Å²) in [4.78, 5) is 18.4. The van der Waals surface area contributed by atoms with Crippen molar-refractivity contribution in [2.45, 2.75) is 18.9 Å². The average molecular weight is 310 g/mol. The largest absolute Gasteiger partial charge is 0.338 e. The number of likely N-dealkylation sites (tertiary alicyclic amines) is 1. The molecular formula is C13H16BrN3O. The highest BCUT2D eigenvalue weighted by atomic mass is 79.9. The molecule has 1 aliphatic carbocycles. The number of pyridine rings is 1. The molecular weight excluding hydrogens is 294 g/mol. The van der Waals surface area contributed by atoms with Gasteiger partial charge in [-0.1, -0.05) is 0 Å². The third-order valence-corrected chi connectivity index (χ3v) is 4.83. The Morgan fingerprint density at radius 3 is 3.00 bits per heavy atom. The van der Waals surface area contributed by atoms with E-state index in [0.29, 0.717) is 17.4 Å². The summed E-state index contributed by atoms with van der Waals surface area (Å²) in [6.07, 6.45) is 5.58. The van der Waals surface area contributed by atoms with Crippen molar-refractivity contribution in [2.75, 3.05) is 13.1 Å². The Morgan fingerprint density at radius 1 is 1.44 bits per heavy atom. The minimum Gasteiger partial charge on any atom is -0.338 e. The quantitative estimate of drug-likeness (QED) is 0.858. The van der Waals surface area contributed by atoms with Crippen LogP contribution in [0.4, 0.5) is 0 Å². The maximum atomic E-state index is 12.4. The van der Waals surface area contributed by atoms with E-state index in [1.807, 2.05) is 4.90 Å². The zero-order valence-electron chi connectivity index (χ0n) is 10.1. The van der Waals surface area contributed by atoms with Crippen LogP contribution >= 0.6 is 15.9 Å². The number of rotatable bonds is 1. The average Bonchev–Trinajstić information content (AvgIpc) is 2.92. The molecule has 18 heavy (non-hydrogen) atoms. The molecule has 1 aromatic rings. The summed E-state index contributed by atoms with van der Waals surface area (Å²) in [6.45, 7) is 1.66. The maximum Gasteiger partial charge on any atom is 0.255 e. The molecule has 1 saturated carbocycles. The molecule has 1 amide bonds. The van der Waals surface area contributed by atoms with Crippen LogP contribution in [-0.2, 0) is 0 Å². The summed E-state index contributed by atoms with van der Waals surface area (Å²) in [5, 5.41) is 0. The van der Waals surface area contributed by atoms with E-state index in [1.165, 1.54) is 0 Å². The Kier molecular flexibility index (Phi) is 3.11. The fourth-order valence-electron chi connectivity index (χ4n) is 3.19. The Labute approximate surface area is 115 Å². The summed E-state index contributed by atoms with van der Waals surface area (Å²) < 4.78 is 0.761. The summed E-state index contributed by atoms with van der Waals surface area (Å²) in [6, 6.07) is 2.04. The van der Waals surface area contributed by atoms with E-state index in [2.05, 4.69) is 20.9 Å². The molecule has 2 fully saturated rings. The van der Waals surface area contributed by atoms with Crippen molar-refractivity contribution in [3.63, 3.8) is 0 Å². The highest BCUT2D eigenvalue weighted by molar-refractivity contribution is 9.10. The third kappa shape index (κ3) is 1.95. The lowest BCUT2D eigenvalue weighted by Gasteiger charge is -2.19. The van der Waals surface area contributed by atoms with Crippen LogP contribution in [0.5, 0.6) is 0 Å². The maximum absolute atomic E-state index is 12.4. The molecule has 4 nitrogen and oxygen atoms in total. The van der Waals surface area contributed by atoms with Crippen molar-refractivity contribution in [3.8, 4) is 0 Å². The molecule has 0 radical (unpaired) electrons. The van der Waals surface area contributed by atoms with Gasteiger partial charge in [0.25, 0.3) is 5.91 Å². The molecule has 3 unspecified atom stereocenters. The lowest BCUT2D eigenvalue weighted by Crippen LogP contribution is -2.33. The van der Waals surface area contributed by atoms with Crippen molar-refractivity contribution in [1.29, 1.82) is 0 Å². The van der Waals surface area contributed by atoms with Crippen molar-refractivity contribution in [3.05, 3.63) is 28.5 Å². The van der Waals surface area contributed by atoms with Crippen LogP contribution in [0, 0.1) is 11.8 Å². The van der Waals surface area contributed by atoms with Gasteiger partial charge in [0.15, 0.2) is 0 Å². The Morgan fingerprint density at radius 2 is 2.28 bits per heavy atom. The van der Waals surface area contributed by atoms with E-state index in [-0.39, 0.29) is 11.9 Å². The Balaban J connectivity index is 1.78. The Bertz CT molecular complexity index is 479. The molecule has 0 spiro atoms. The van der Waals surface area contributed by atoms with E-state index in [0.717, 1.165) is 30.4 Å². The van der Waals surface area contributed by atoms with Crippen LogP contribution in [0.3, 0.4) is 0 Å². The number of aromatic nitrogens is 1. The van der Waals surface area contributed by atoms with E-state index >= 15 is 0 Å². The van der Waals surface area contributed by atoms with E-state index in [4.69, 9.17) is 5.73 Å². The predicted octanol–water partition coefficient (Wildman–Crippen LogP) is 1.65. The summed E-state index contributed by atoms with van der Waals surface area (Å²) in [5.41, 5.74) is 6.79. The molecule has 1 saturated heterocycles. The first kappa shape index (κ1) is 12.1. The molecule has 0 aromatic carbocycles. The Hall–Kier alpha value is -0.940. The molecule has 1 aliphatic heterocycles. The molecule has 0 bridgehead atoms. The second-order valence-electron chi connectivity index (χ2n) is 5.23. The second-order valence-corrected chi connectivity index (χ2v) is 6.09. The zero-order valence-corrected chi connectivity index (χ0v) is 11.6. The van der Waals surface area contributed by atoms with Crippen molar-refractivity contribution in [2.24, 2.45) is 17.6 Å². The van der Waals surface area contributed by atoms with Gasteiger partial charge in [0.05, 0.1) is 5.56 Å². The highest BCUT2D eigenvalue weighted by Gasteiger charge is 2.42. The van der Waals surface area contributed by atoms with Gasteiger partial charge < -0.3 is 10.6 Å². The molecule has 96 valence electrons. The number of hydrogen-bond acceptors (Lipinski definition) is 3. The van der Waals surface area contributed by atoms with Crippen LogP contribution in [0.1, 0.15) is 23.2 Å². The number of carbonyl (C=O) groups is 1. The first-order chi connectivity index (χ1) is 8.66. The lowest BCUT2D eigenvalue weighted by atomic mass is 9.98. The third-order valence-electron chi connectivity index (χ3n) is 4.20. The minimum atomic E-state index is 0.0888. The predicted molar refractivity (Wildman–Crippen MR) is 72.0 cm³/mol. The molecule has 2 aliphatic rings. The molecule has 2 N–H and O–H groups in total. The van der Waals surface area contributed by atoms with Gasteiger partial charge in [-0.2, -0.15) is 0 Å². The van der Waals surface area contributed by atoms with Gasteiger partial charge in [-0.3, -0.25) is 9.78 Å². The van der Waals surface area contributed by atoms with E-state index < -0.39 is 0 Å². The van der Waals surface area contributed by atoms with Gasteiger partial charge in [0, 0.05) is 36.0 Å². The van der Waals surface area contributed by atoms with Crippen molar-refractivity contribution in [1.82, 2.24) is 9.88 Å². The van der Waals surface area contributed by atoms with Gasteiger partial charge in [0.2, 0.25) is 0 Å². The van der Waals surface area contributed by atoms with Gasteiger partial charge in [-0.05, 0) is 46.7 Å². The van der Waals surface area contributed by atoms with Gasteiger partial charge >= 0.3 is 0 Å². The summed E-state index contributed by atoms with van der Waals surface area (Å²) in [7, 11) is 0. The SMILES string of the molecule is NC1CCC2CN(C(=O)c3ccncc3Br)CC12. The topological polar surface area (TPSA) is 59.2 Å². The van der Waals surface area contributed by atoms with E-state index in [1.54, 1.807) is 18.5 Å². The van der Waals surface area contributed by atoms with Gasteiger partial charge in [0.1, 0.15) is 0 Å². The van der Waals surface area contributed by atoms with Gasteiger partial charge in [-0.15, -0.1) is 0 Å². The molecule has 1 aromatic heterocycles. The number of halogens is 1. The smallest absolute Gasteiger partial charge is 0.255 e. The number of nitrogens with zero attached hydrogens (tertiary/aromatic N) is 2. The minimum absolute atomic E-state index is 0.0888. The van der Waals surface area contributed by atoms with Crippen LogP contribution in [0.2, 0.25) is 0 Å². The monoisotopic (exact) mass is 309 g/mol. The van der Waals surface area contributed by atoms with Crippen LogP contribution in [-0.4, -0.2) is 34.9 Å². The first-order valence-corrected chi connectivity index (χ1v) is 7.10. The first-order valence-electron chi connectivity index (χ1n) is 6.31. The number of fused-ring (bicyclic) bond motifs is 1. The summed E-state index contributed by atoms with van der Waals surface area (Å²) in [5.74, 6) is 1.19. The van der Waals surface area contributed by atoms with E-state index in [9.17, 15) is 4.79 Å². The highest BCUT2D eigenvalue weighted by Crippen LogP contribution is 2.37. The molecule has 3 rings (SSSR count). The number of amides is 1. The molecule has 5 heteroatoms. The van der Waals surface area contributed by atoms with Crippen LogP contribution in [0.15, 0.2) is 22.9 Å². The number of hydrogen-bond donors (Lipinski definition) is 1. The number of nitrogens with two attached hydrogens (primary N) is 1. The molecule has 2 heterocycles. The summed E-state index contributed by atoms with van der Waals surface area (Å²) >= 11 is 3.38. The van der Waals surface area contributed by atoms with Crippen molar-refractivity contribution >= 4 is 21.8 Å². The number of carbonyl (C=O) groups excluding carboxylic acids is 1. The van der Waals surface area contributed by atoms with Crippen LogP contribution in [0.25, 0.3) is 0 Å². The van der Waals surface area contributed by atoms with Crippen LogP contribution < -0.4 is 5.73 Å². The van der Waals surface area contributed by atoms with Gasteiger partial charge in [-0.25, -0.2) is 0 Å². The fraction of sp³-hybridized carbons (Fsp3) is 0.538. The normalized spacial score (nSPS) is 30.6. The standard InChI is InChI=1S/C13H16BrN3O/c14-11-5-16-4-3-9(11)13(18)17-6-8-1-2-12(15)10(8)7-17/h3-5,8,10,12H,1-2,6-7,15H2. The molecule has 3 atom stereocenters. The lowest BCUT2D eigenvalue weighted by molar-refractivity contribution is 0.0778. The van der Waals surface area contributed by atoms with Crippen molar-refractivity contribution < 1.29 is 4.79 Å². The second kappa shape index (κ2) is 4.63.